The van der Waals surface area contributed by atoms with Crippen molar-refractivity contribution in [1.82, 2.24) is 5.32 Å². The Labute approximate surface area is 106 Å². The van der Waals surface area contributed by atoms with Gasteiger partial charge in [-0.3, -0.25) is 0 Å². The highest BCUT2D eigenvalue weighted by Gasteiger charge is 2.32. The molecule has 102 valence electrons. The van der Waals surface area contributed by atoms with E-state index in [1.807, 2.05) is 0 Å². The Morgan fingerprint density at radius 3 is 2.47 bits per heavy atom. The van der Waals surface area contributed by atoms with Crippen molar-refractivity contribution in [3.05, 3.63) is 0 Å². The molecule has 0 aromatic heterocycles. The molecule has 0 aliphatic heterocycles. The summed E-state index contributed by atoms with van der Waals surface area (Å²) in [6.45, 7) is 8.94. The molecule has 1 saturated carbocycles. The standard InChI is InChI=1S/C13H27NO2S/c1-5-14-13-7-6-12(11(13)4)8-9-17(15,16)10(2)3/h10-14H,5-9H2,1-4H3. The predicted molar refractivity (Wildman–Crippen MR) is 72.9 cm³/mol. The van der Waals surface area contributed by atoms with Crippen LogP contribution in [0.3, 0.4) is 0 Å². The molecule has 0 saturated heterocycles. The minimum Gasteiger partial charge on any atom is -0.314 e. The maximum absolute atomic E-state index is 11.8. The molecular formula is C13H27NO2S. The Balaban J connectivity index is 2.44. The third-order valence-corrected chi connectivity index (χ3v) is 6.43. The van der Waals surface area contributed by atoms with Crippen LogP contribution in [0.5, 0.6) is 0 Å². The van der Waals surface area contributed by atoms with Crippen LogP contribution in [0.15, 0.2) is 0 Å². The van der Waals surface area contributed by atoms with Gasteiger partial charge in [-0.15, -0.1) is 0 Å². The van der Waals surface area contributed by atoms with E-state index < -0.39 is 9.84 Å². The van der Waals surface area contributed by atoms with Gasteiger partial charge in [0.1, 0.15) is 0 Å². The molecule has 4 heteroatoms. The molecule has 3 unspecified atom stereocenters. The van der Waals surface area contributed by atoms with Crippen LogP contribution in [0.4, 0.5) is 0 Å². The van der Waals surface area contributed by atoms with Crippen LogP contribution in [0.2, 0.25) is 0 Å². The lowest BCUT2D eigenvalue weighted by Crippen LogP contribution is -2.32. The van der Waals surface area contributed by atoms with E-state index >= 15 is 0 Å². The van der Waals surface area contributed by atoms with Crippen molar-refractivity contribution in [2.24, 2.45) is 11.8 Å². The monoisotopic (exact) mass is 261 g/mol. The van der Waals surface area contributed by atoms with Gasteiger partial charge in [-0.25, -0.2) is 8.42 Å². The summed E-state index contributed by atoms with van der Waals surface area (Å²) in [4.78, 5) is 0. The van der Waals surface area contributed by atoms with Crippen LogP contribution in [0.1, 0.15) is 47.0 Å². The Hall–Kier alpha value is -0.0900. The molecule has 3 atom stereocenters. The van der Waals surface area contributed by atoms with Gasteiger partial charge in [0.25, 0.3) is 0 Å². The molecule has 0 spiro atoms. The van der Waals surface area contributed by atoms with Gasteiger partial charge in [0.05, 0.1) is 11.0 Å². The normalized spacial score (nSPS) is 30.1. The van der Waals surface area contributed by atoms with Crippen LogP contribution in [0.25, 0.3) is 0 Å². The number of sulfone groups is 1. The third-order valence-electron chi connectivity index (χ3n) is 4.18. The zero-order chi connectivity index (χ0) is 13.1. The highest BCUT2D eigenvalue weighted by molar-refractivity contribution is 7.91. The fourth-order valence-corrected chi connectivity index (χ4v) is 3.86. The van der Waals surface area contributed by atoms with Gasteiger partial charge < -0.3 is 5.32 Å². The van der Waals surface area contributed by atoms with Gasteiger partial charge in [0, 0.05) is 6.04 Å². The van der Waals surface area contributed by atoms with Gasteiger partial charge in [0.15, 0.2) is 9.84 Å². The summed E-state index contributed by atoms with van der Waals surface area (Å²) in [5.74, 6) is 1.54. The van der Waals surface area contributed by atoms with Crippen molar-refractivity contribution in [2.75, 3.05) is 12.3 Å². The second kappa shape index (κ2) is 6.19. The van der Waals surface area contributed by atoms with Crippen LogP contribution in [0, 0.1) is 11.8 Å². The largest absolute Gasteiger partial charge is 0.314 e. The lowest BCUT2D eigenvalue weighted by molar-refractivity contribution is 0.349. The maximum Gasteiger partial charge on any atom is 0.152 e. The topological polar surface area (TPSA) is 46.2 Å². The van der Waals surface area contributed by atoms with Crippen molar-refractivity contribution < 1.29 is 8.42 Å². The van der Waals surface area contributed by atoms with Crippen LogP contribution in [-0.2, 0) is 9.84 Å². The Bertz CT molecular complexity index is 324. The van der Waals surface area contributed by atoms with Crippen molar-refractivity contribution >= 4 is 9.84 Å². The van der Waals surface area contributed by atoms with E-state index in [-0.39, 0.29) is 5.25 Å². The van der Waals surface area contributed by atoms with E-state index in [1.54, 1.807) is 13.8 Å². The Morgan fingerprint density at radius 1 is 1.29 bits per heavy atom. The first-order valence-corrected chi connectivity index (χ1v) is 8.55. The fourth-order valence-electron chi connectivity index (χ4n) is 2.76. The third kappa shape index (κ3) is 3.95. The highest BCUT2D eigenvalue weighted by Crippen LogP contribution is 2.34. The molecule has 1 aliphatic carbocycles. The molecular weight excluding hydrogens is 234 g/mol. The average molecular weight is 261 g/mol. The molecule has 0 aromatic carbocycles. The molecule has 0 aromatic rings. The summed E-state index contributed by atoms with van der Waals surface area (Å²) < 4.78 is 23.6. The molecule has 1 rings (SSSR count). The number of hydrogen-bond donors (Lipinski definition) is 1. The van der Waals surface area contributed by atoms with Gasteiger partial charge in [-0.05, 0) is 51.5 Å². The lowest BCUT2D eigenvalue weighted by Gasteiger charge is -2.21. The fraction of sp³-hybridized carbons (Fsp3) is 1.00. The minimum atomic E-state index is -2.86. The molecule has 1 fully saturated rings. The Morgan fingerprint density at radius 2 is 1.94 bits per heavy atom. The van der Waals surface area contributed by atoms with Gasteiger partial charge in [-0.2, -0.15) is 0 Å². The molecule has 0 heterocycles. The van der Waals surface area contributed by atoms with Crippen molar-refractivity contribution in [3.8, 4) is 0 Å². The predicted octanol–water partition coefficient (Wildman–Crippen LogP) is 2.22. The summed E-state index contributed by atoms with van der Waals surface area (Å²) in [5, 5.41) is 3.26. The first-order chi connectivity index (χ1) is 7.88. The number of nitrogens with one attached hydrogen (secondary N) is 1. The first kappa shape index (κ1) is 15.0. The summed E-state index contributed by atoms with van der Waals surface area (Å²) in [7, 11) is -2.86. The summed E-state index contributed by atoms with van der Waals surface area (Å²) in [6.07, 6.45) is 3.21. The summed E-state index contributed by atoms with van der Waals surface area (Å²) in [6, 6.07) is 0.590. The second-order valence-corrected chi connectivity index (χ2v) is 8.24. The van der Waals surface area contributed by atoms with E-state index in [1.165, 1.54) is 12.8 Å². The molecule has 1 N–H and O–H groups in total. The van der Waals surface area contributed by atoms with E-state index in [4.69, 9.17) is 0 Å². The van der Waals surface area contributed by atoms with Crippen LogP contribution >= 0.6 is 0 Å². The summed E-state index contributed by atoms with van der Waals surface area (Å²) in [5.41, 5.74) is 0. The molecule has 0 radical (unpaired) electrons. The van der Waals surface area contributed by atoms with Gasteiger partial charge in [-0.1, -0.05) is 13.8 Å². The Kier molecular flexibility index (Phi) is 5.45. The van der Waals surface area contributed by atoms with Gasteiger partial charge >= 0.3 is 0 Å². The minimum absolute atomic E-state index is 0.233. The van der Waals surface area contributed by atoms with Crippen molar-refractivity contribution in [2.45, 2.75) is 58.2 Å². The molecule has 0 bridgehead atoms. The average Bonchev–Trinajstić information content (AvgIpc) is 2.58. The smallest absolute Gasteiger partial charge is 0.152 e. The SMILES string of the molecule is CCNC1CCC(CCS(=O)(=O)C(C)C)C1C. The highest BCUT2D eigenvalue weighted by atomic mass is 32.2. The lowest BCUT2D eigenvalue weighted by atomic mass is 9.93. The quantitative estimate of drug-likeness (QED) is 0.797. The van der Waals surface area contributed by atoms with E-state index in [0.29, 0.717) is 23.6 Å². The molecule has 0 amide bonds. The molecule has 3 nitrogen and oxygen atoms in total. The van der Waals surface area contributed by atoms with E-state index in [2.05, 4.69) is 19.2 Å². The maximum atomic E-state index is 11.8. The van der Waals surface area contributed by atoms with E-state index in [0.717, 1.165) is 13.0 Å². The number of hydrogen-bond acceptors (Lipinski definition) is 3. The second-order valence-electron chi connectivity index (χ2n) is 5.57. The van der Waals surface area contributed by atoms with E-state index in [9.17, 15) is 8.42 Å². The van der Waals surface area contributed by atoms with Crippen LogP contribution < -0.4 is 5.32 Å². The summed E-state index contributed by atoms with van der Waals surface area (Å²) >= 11 is 0. The first-order valence-electron chi connectivity index (χ1n) is 6.83. The number of rotatable bonds is 6. The molecule has 17 heavy (non-hydrogen) atoms. The molecule has 1 aliphatic rings. The van der Waals surface area contributed by atoms with Crippen LogP contribution in [-0.4, -0.2) is 32.0 Å². The van der Waals surface area contributed by atoms with Gasteiger partial charge in [0.2, 0.25) is 0 Å². The zero-order valence-electron chi connectivity index (χ0n) is 11.6. The zero-order valence-corrected chi connectivity index (χ0v) is 12.4. The van der Waals surface area contributed by atoms with Crippen molar-refractivity contribution in [3.63, 3.8) is 0 Å². The van der Waals surface area contributed by atoms with Crippen molar-refractivity contribution in [1.29, 1.82) is 0 Å².